The topological polar surface area (TPSA) is 128 Å². The zero-order chi connectivity index (χ0) is 36.0. The molecule has 0 radical (unpaired) electrons. The molecule has 0 bridgehead atoms. The maximum absolute atomic E-state index is 14.3. The van der Waals surface area contributed by atoms with Crippen molar-refractivity contribution in [3.05, 3.63) is 30.0 Å². The number of nitrogens with one attached hydrogen (secondary N) is 2. The van der Waals surface area contributed by atoms with Crippen molar-refractivity contribution in [2.24, 2.45) is 23.7 Å². The van der Waals surface area contributed by atoms with Crippen LogP contribution in [0.15, 0.2) is 24.3 Å². The van der Waals surface area contributed by atoms with Crippen LogP contribution in [-0.2, 0) is 29.5 Å². The molecule has 50 heavy (non-hydrogen) atoms. The summed E-state index contributed by atoms with van der Waals surface area (Å²) in [6.07, 6.45) is 6.45. The van der Waals surface area contributed by atoms with E-state index in [9.17, 15) is 23.6 Å². The molecule has 0 spiro atoms. The van der Waals surface area contributed by atoms with E-state index in [0.29, 0.717) is 49.5 Å². The number of aromatic nitrogens is 1. The predicted molar refractivity (Wildman–Crippen MR) is 186 cm³/mol. The number of esters is 1. The lowest BCUT2D eigenvalue weighted by atomic mass is 9.75. The van der Waals surface area contributed by atoms with Gasteiger partial charge >= 0.3 is 12.1 Å². The number of halogens is 1. The fourth-order valence-corrected chi connectivity index (χ4v) is 8.95. The number of alkyl carbamates (subject to hydrolysis) is 1. The van der Waals surface area contributed by atoms with E-state index in [1.54, 1.807) is 33.9 Å². The molecule has 11 nitrogen and oxygen atoms in total. The number of anilines is 1. The maximum Gasteiger partial charge on any atom is 0.407 e. The number of hydrogen-bond donors (Lipinski definition) is 2. The fourth-order valence-electron chi connectivity index (χ4n) is 8.95. The van der Waals surface area contributed by atoms with Crippen LogP contribution in [0.4, 0.5) is 14.9 Å². The van der Waals surface area contributed by atoms with Crippen LogP contribution in [0.3, 0.4) is 0 Å². The summed E-state index contributed by atoms with van der Waals surface area (Å²) >= 11 is 0. The van der Waals surface area contributed by atoms with Crippen LogP contribution < -0.4 is 10.6 Å². The molecular weight excluding hydrogens is 643 g/mol. The standard InChI is InChI=1S/C38H53FN4O7/c1-37(2,3)50-36(47)41-29(21-39)23-7-9-24(10-8-23)34(45)42-18-17-28(22-11-14-27(48-6)15-12-22)32(42)33(44)40-26-13-16-30-25(19-26)20-31-35(46)49-38(4,5)43(30)31/h13,16,19-20,22-24,27-29,32H,7-12,14-15,17-18,21H2,1-6H3,(H,40,44)(H,41,47)/t22-,23-,24-,27-,28-,29+,32-/m0/s1. The molecule has 1 aromatic heterocycles. The fraction of sp³-hybridized carbons (Fsp3) is 0.684. The van der Waals surface area contributed by atoms with Crippen molar-refractivity contribution in [2.45, 2.75) is 122 Å². The minimum atomic E-state index is -0.806. The number of methoxy groups -OCH3 is 1. The number of carbonyl (C=O) groups excluding carboxylic acids is 4. The van der Waals surface area contributed by atoms with E-state index in [0.717, 1.165) is 43.0 Å². The first kappa shape index (κ1) is 36.1. The number of amides is 3. The van der Waals surface area contributed by atoms with Crippen LogP contribution in [-0.4, -0.2) is 77.5 Å². The third-order valence-corrected chi connectivity index (χ3v) is 11.4. The second kappa shape index (κ2) is 14.2. The monoisotopic (exact) mass is 696 g/mol. The molecule has 6 rings (SSSR count). The Kier molecular flexibility index (Phi) is 10.2. The lowest BCUT2D eigenvalue weighted by Crippen LogP contribution is -2.50. The van der Waals surface area contributed by atoms with Crippen molar-refractivity contribution in [3.63, 3.8) is 0 Å². The summed E-state index contributed by atoms with van der Waals surface area (Å²) in [7, 11) is 1.75. The van der Waals surface area contributed by atoms with Crippen molar-refractivity contribution in [3.8, 4) is 0 Å². The highest BCUT2D eigenvalue weighted by molar-refractivity contribution is 6.02. The summed E-state index contributed by atoms with van der Waals surface area (Å²) in [5, 5.41) is 6.65. The molecule has 2 N–H and O–H groups in total. The van der Waals surface area contributed by atoms with Gasteiger partial charge in [-0.3, -0.25) is 14.2 Å². The van der Waals surface area contributed by atoms with E-state index in [-0.39, 0.29) is 41.6 Å². The Bertz CT molecular complexity index is 1600. The van der Waals surface area contributed by atoms with Crippen molar-refractivity contribution >= 4 is 40.5 Å². The molecule has 3 fully saturated rings. The van der Waals surface area contributed by atoms with Crippen LogP contribution in [0.2, 0.25) is 0 Å². The molecule has 3 heterocycles. The number of ether oxygens (including phenoxy) is 3. The number of carbonyl (C=O) groups is 4. The molecule has 3 atom stereocenters. The lowest BCUT2D eigenvalue weighted by Gasteiger charge is -2.38. The van der Waals surface area contributed by atoms with Gasteiger partial charge in [0.25, 0.3) is 0 Å². The molecule has 2 aliphatic carbocycles. The van der Waals surface area contributed by atoms with Crippen LogP contribution in [0.5, 0.6) is 0 Å². The van der Waals surface area contributed by atoms with Gasteiger partial charge < -0.3 is 29.7 Å². The van der Waals surface area contributed by atoms with Crippen molar-refractivity contribution in [1.29, 1.82) is 0 Å². The molecule has 1 aromatic carbocycles. The number of alkyl halides is 1. The van der Waals surface area contributed by atoms with Gasteiger partial charge in [0.15, 0.2) is 5.72 Å². The van der Waals surface area contributed by atoms with E-state index in [1.165, 1.54) is 0 Å². The van der Waals surface area contributed by atoms with Crippen molar-refractivity contribution < 1.29 is 37.8 Å². The zero-order valence-corrected chi connectivity index (χ0v) is 30.3. The Labute approximate surface area is 293 Å². The third kappa shape index (κ3) is 7.36. The van der Waals surface area contributed by atoms with Gasteiger partial charge in [0.05, 0.1) is 17.7 Å². The van der Waals surface area contributed by atoms with E-state index in [1.807, 2.05) is 41.5 Å². The number of cyclic esters (lactones) is 1. The number of nitrogens with zero attached hydrogens (tertiary/aromatic N) is 2. The van der Waals surface area contributed by atoms with Gasteiger partial charge in [0, 0.05) is 30.6 Å². The van der Waals surface area contributed by atoms with E-state index < -0.39 is 36.2 Å². The minimum absolute atomic E-state index is 0.0198. The average molecular weight is 697 g/mol. The summed E-state index contributed by atoms with van der Waals surface area (Å²) in [4.78, 5) is 55.2. The molecule has 0 unspecified atom stereocenters. The lowest BCUT2D eigenvalue weighted by molar-refractivity contribution is -0.142. The zero-order valence-electron chi connectivity index (χ0n) is 30.3. The molecule has 2 aromatic rings. The quantitative estimate of drug-likeness (QED) is 0.300. The van der Waals surface area contributed by atoms with Crippen LogP contribution >= 0.6 is 0 Å². The van der Waals surface area contributed by atoms with Gasteiger partial charge in [-0.1, -0.05) is 0 Å². The summed E-state index contributed by atoms with van der Waals surface area (Å²) in [5.74, 6) is -0.635. The van der Waals surface area contributed by atoms with Crippen LogP contribution in [0.1, 0.15) is 103 Å². The second-order valence-corrected chi connectivity index (χ2v) is 16.2. The Morgan fingerprint density at radius 1 is 1.02 bits per heavy atom. The highest BCUT2D eigenvalue weighted by Gasteiger charge is 2.48. The second-order valence-electron chi connectivity index (χ2n) is 16.2. The number of benzene rings is 1. The first-order valence-electron chi connectivity index (χ1n) is 18.3. The van der Waals surface area contributed by atoms with Gasteiger partial charge in [-0.15, -0.1) is 0 Å². The SMILES string of the molecule is CO[C@H]1CC[C@H]([C@@H]2CCN(C(=O)[C@H]3CC[C@H]([C@@H](CF)NC(=O)OC(C)(C)C)CC3)[C@@H]2C(=O)Nc2ccc3c(c2)cc2n3C(C)(C)OC2=O)CC1. The molecule has 274 valence electrons. The number of likely N-dealkylation sites (tertiary alicyclic amines) is 1. The Balaban J connectivity index is 1.17. The number of fused-ring (bicyclic) bond motifs is 3. The minimum Gasteiger partial charge on any atom is -0.444 e. The Morgan fingerprint density at radius 2 is 1.72 bits per heavy atom. The Hall–Kier alpha value is -3.67. The maximum atomic E-state index is 14.3. The van der Waals surface area contributed by atoms with Crippen LogP contribution in [0.25, 0.3) is 10.9 Å². The first-order chi connectivity index (χ1) is 23.7. The molecule has 2 aliphatic heterocycles. The van der Waals surface area contributed by atoms with E-state index in [2.05, 4.69) is 10.6 Å². The van der Waals surface area contributed by atoms with Gasteiger partial charge in [-0.2, -0.15) is 0 Å². The van der Waals surface area contributed by atoms with E-state index in [4.69, 9.17) is 14.2 Å². The summed E-state index contributed by atoms with van der Waals surface area (Å²) in [5.41, 5.74) is 0.428. The Morgan fingerprint density at radius 3 is 2.36 bits per heavy atom. The summed E-state index contributed by atoms with van der Waals surface area (Å²) < 4.78 is 32.4. The van der Waals surface area contributed by atoms with Crippen LogP contribution in [0, 0.1) is 23.7 Å². The molecular formula is C38H53FN4O7. The first-order valence-corrected chi connectivity index (χ1v) is 18.3. The van der Waals surface area contributed by atoms with Crippen molar-refractivity contribution in [2.75, 3.05) is 25.6 Å². The largest absolute Gasteiger partial charge is 0.444 e. The number of hydrogen-bond acceptors (Lipinski definition) is 7. The van der Waals surface area contributed by atoms with Gasteiger partial charge in [0.1, 0.15) is 24.0 Å². The smallest absolute Gasteiger partial charge is 0.407 e. The summed E-state index contributed by atoms with van der Waals surface area (Å²) in [6, 6.07) is 6.10. The van der Waals surface area contributed by atoms with Crippen molar-refractivity contribution in [1.82, 2.24) is 14.8 Å². The predicted octanol–water partition coefficient (Wildman–Crippen LogP) is 6.53. The third-order valence-electron chi connectivity index (χ3n) is 11.4. The van der Waals surface area contributed by atoms with Gasteiger partial charge in [-0.05, 0) is 134 Å². The van der Waals surface area contributed by atoms with Gasteiger partial charge in [0.2, 0.25) is 11.8 Å². The molecule has 4 aliphatic rings. The molecule has 12 heteroatoms. The van der Waals surface area contributed by atoms with Gasteiger partial charge in [-0.25, -0.2) is 14.0 Å². The average Bonchev–Trinajstić information content (AvgIpc) is 3.74. The molecule has 1 saturated heterocycles. The van der Waals surface area contributed by atoms with E-state index >= 15 is 0 Å². The highest BCUT2D eigenvalue weighted by atomic mass is 19.1. The normalized spacial score (nSPS) is 28.5. The molecule has 2 saturated carbocycles. The molecule has 3 amide bonds. The summed E-state index contributed by atoms with van der Waals surface area (Å²) in [6.45, 7) is 8.79. The highest BCUT2D eigenvalue weighted by Crippen LogP contribution is 2.42. The number of rotatable bonds is 8.